The smallest absolute Gasteiger partial charge is 0.298 e. The summed E-state index contributed by atoms with van der Waals surface area (Å²) >= 11 is 0. The van der Waals surface area contributed by atoms with Gasteiger partial charge in [0.25, 0.3) is 11.7 Å². The Hall–Kier alpha value is -2.76. The van der Waals surface area contributed by atoms with Crippen LogP contribution < -0.4 is 4.90 Å². The molecule has 0 aliphatic carbocycles. The molecule has 0 atom stereocenters. The molecule has 3 rings (SSSR count). The molecule has 0 bridgehead atoms. The van der Waals surface area contributed by atoms with E-state index in [9.17, 15) is 4.79 Å². The number of fused-ring (bicyclic) bond motifs is 1. The topological polar surface area (TPSA) is 63.4 Å². The minimum absolute atomic E-state index is 0.155. The predicted octanol–water partition coefficient (Wildman–Crippen LogP) is 2.10. The number of para-hydroxylation sites is 1. The predicted molar refractivity (Wildman–Crippen MR) is 79.3 cm³/mol. The van der Waals surface area contributed by atoms with E-state index in [-0.39, 0.29) is 11.7 Å². The van der Waals surface area contributed by atoms with Crippen molar-refractivity contribution in [3.63, 3.8) is 0 Å². The van der Waals surface area contributed by atoms with Crippen molar-refractivity contribution >= 4 is 17.4 Å². The summed E-state index contributed by atoms with van der Waals surface area (Å²) in [6.07, 6.45) is 1.66. The normalized spacial score (nSPS) is 10.8. The highest BCUT2D eigenvalue weighted by atomic mass is 16.2. The van der Waals surface area contributed by atoms with E-state index in [0.29, 0.717) is 12.3 Å². The van der Waals surface area contributed by atoms with E-state index in [2.05, 4.69) is 15.1 Å². The van der Waals surface area contributed by atoms with Crippen molar-refractivity contribution in [2.24, 2.45) is 0 Å². The van der Waals surface area contributed by atoms with Crippen molar-refractivity contribution in [1.82, 2.24) is 19.6 Å². The molecule has 0 radical (unpaired) electrons. The first-order valence-electron chi connectivity index (χ1n) is 6.76. The fraction of sp³-hybridized carbons (Fsp3) is 0.200. The Morgan fingerprint density at radius 2 is 2.00 bits per heavy atom. The van der Waals surface area contributed by atoms with Crippen LogP contribution in [-0.2, 0) is 0 Å². The Morgan fingerprint density at radius 3 is 2.67 bits per heavy atom. The monoisotopic (exact) mass is 281 g/mol. The van der Waals surface area contributed by atoms with Crippen LogP contribution in [0.3, 0.4) is 0 Å². The molecule has 3 aromatic rings. The van der Waals surface area contributed by atoms with E-state index in [1.807, 2.05) is 50.2 Å². The molecule has 0 spiro atoms. The Morgan fingerprint density at radius 1 is 1.24 bits per heavy atom. The van der Waals surface area contributed by atoms with Gasteiger partial charge in [0.1, 0.15) is 0 Å². The maximum atomic E-state index is 12.6. The molecule has 0 saturated carbocycles. The van der Waals surface area contributed by atoms with Gasteiger partial charge in [-0.1, -0.05) is 18.2 Å². The molecule has 2 aromatic heterocycles. The number of benzene rings is 1. The molecule has 106 valence electrons. The number of nitrogens with zero attached hydrogens (tertiary/aromatic N) is 5. The van der Waals surface area contributed by atoms with Crippen LogP contribution in [0.15, 0.2) is 42.6 Å². The van der Waals surface area contributed by atoms with E-state index in [1.165, 1.54) is 0 Å². The van der Waals surface area contributed by atoms with Crippen molar-refractivity contribution in [3.8, 4) is 0 Å². The number of hydrogen-bond acceptors (Lipinski definition) is 4. The lowest BCUT2D eigenvalue weighted by Gasteiger charge is -2.18. The van der Waals surface area contributed by atoms with Gasteiger partial charge >= 0.3 is 0 Å². The van der Waals surface area contributed by atoms with Crippen molar-refractivity contribution in [2.45, 2.75) is 13.8 Å². The van der Waals surface area contributed by atoms with Crippen LogP contribution in [0, 0.1) is 6.92 Å². The van der Waals surface area contributed by atoms with Gasteiger partial charge in [-0.3, -0.25) is 4.79 Å². The van der Waals surface area contributed by atoms with Crippen LogP contribution in [0.4, 0.5) is 5.69 Å². The molecule has 0 aliphatic rings. The van der Waals surface area contributed by atoms with Gasteiger partial charge in [-0.25, -0.2) is 9.50 Å². The summed E-state index contributed by atoms with van der Waals surface area (Å²) < 4.78 is 1.58. The minimum atomic E-state index is -0.228. The standard InChI is InChI=1S/C15H15N5O/c1-3-19(12-7-5-4-6-8-12)14(21)13-17-15-16-10-9-11(2)20(15)18-13/h4-10H,3H2,1-2H3. The lowest BCUT2D eigenvalue weighted by Crippen LogP contribution is -2.31. The van der Waals surface area contributed by atoms with E-state index < -0.39 is 0 Å². The first kappa shape index (κ1) is 13.2. The fourth-order valence-electron chi connectivity index (χ4n) is 2.17. The molecule has 6 heteroatoms. The minimum Gasteiger partial charge on any atom is -0.306 e. The van der Waals surface area contributed by atoms with Gasteiger partial charge in [0.2, 0.25) is 5.82 Å². The number of anilines is 1. The van der Waals surface area contributed by atoms with Gasteiger partial charge in [-0.2, -0.15) is 4.98 Å². The molecule has 1 aromatic carbocycles. The Kier molecular flexibility index (Phi) is 3.35. The van der Waals surface area contributed by atoms with Gasteiger partial charge in [0.05, 0.1) is 0 Å². The zero-order valence-electron chi connectivity index (χ0n) is 11.9. The summed E-state index contributed by atoms with van der Waals surface area (Å²) in [5, 5.41) is 4.26. The third-order valence-corrected chi connectivity index (χ3v) is 3.25. The van der Waals surface area contributed by atoms with Crippen LogP contribution in [0.2, 0.25) is 0 Å². The van der Waals surface area contributed by atoms with Crippen molar-refractivity contribution in [2.75, 3.05) is 11.4 Å². The van der Waals surface area contributed by atoms with Crippen molar-refractivity contribution in [1.29, 1.82) is 0 Å². The molecule has 1 amide bonds. The van der Waals surface area contributed by atoms with Gasteiger partial charge in [-0.15, -0.1) is 5.10 Å². The first-order chi connectivity index (χ1) is 10.2. The van der Waals surface area contributed by atoms with Crippen LogP contribution in [0.5, 0.6) is 0 Å². The Balaban J connectivity index is 2.01. The number of rotatable bonds is 3. The summed E-state index contributed by atoms with van der Waals surface area (Å²) in [6.45, 7) is 4.36. The van der Waals surface area contributed by atoms with Gasteiger partial charge in [0.15, 0.2) is 0 Å². The molecule has 0 N–H and O–H groups in total. The highest BCUT2D eigenvalue weighted by molar-refractivity contribution is 6.03. The van der Waals surface area contributed by atoms with E-state index in [0.717, 1.165) is 11.4 Å². The van der Waals surface area contributed by atoms with Crippen molar-refractivity contribution in [3.05, 3.63) is 54.1 Å². The van der Waals surface area contributed by atoms with E-state index in [4.69, 9.17) is 0 Å². The summed E-state index contributed by atoms with van der Waals surface area (Å²) in [5.41, 5.74) is 1.71. The molecule has 0 fully saturated rings. The highest BCUT2D eigenvalue weighted by Gasteiger charge is 2.21. The van der Waals surface area contributed by atoms with Crippen LogP contribution in [-0.4, -0.2) is 32.0 Å². The average Bonchev–Trinajstić information content (AvgIpc) is 2.95. The van der Waals surface area contributed by atoms with E-state index >= 15 is 0 Å². The third-order valence-electron chi connectivity index (χ3n) is 3.25. The van der Waals surface area contributed by atoms with Crippen LogP contribution in [0.1, 0.15) is 23.2 Å². The summed E-state index contributed by atoms with van der Waals surface area (Å²) in [4.78, 5) is 22.6. The number of hydrogen-bond donors (Lipinski definition) is 0. The molecule has 0 saturated heterocycles. The number of carbonyl (C=O) groups is 1. The molecule has 21 heavy (non-hydrogen) atoms. The van der Waals surface area contributed by atoms with E-state index in [1.54, 1.807) is 15.6 Å². The molecule has 2 heterocycles. The number of aromatic nitrogens is 4. The summed E-state index contributed by atoms with van der Waals surface area (Å²) in [6, 6.07) is 11.3. The Bertz CT molecular complexity index is 781. The van der Waals surface area contributed by atoms with Crippen LogP contribution >= 0.6 is 0 Å². The zero-order valence-corrected chi connectivity index (χ0v) is 11.9. The number of aryl methyl sites for hydroxylation is 1. The zero-order chi connectivity index (χ0) is 14.8. The second kappa shape index (κ2) is 5.32. The molecular weight excluding hydrogens is 266 g/mol. The molecule has 0 aliphatic heterocycles. The maximum absolute atomic E-state index is 12.6. The third kappa shape index (κ3) is 2.35. The Labute approximate surface area is 122 Å². The lowest BCUT2D eigenvalue weighted by molar-refractivity contribution is 0.0978. The second-order valence-electron chi connectivity index (χ2n) is 4.62. The first-order valence-corrected chi connectivity index (χ1v) is 6.76. The maximum Gasteiger partial charge on any atom is 0.298 e. The lowest BCUT2D eigenvalue weighted by atomic mass is 10.3. The summed E-state index contributed by atoms with van der Waals surface area (Å²) in [5.74, 6) is 0.360. The molecular formula is C15H15N5O. The quantitative estimate of drug-likeness (QED) is 0.737. The largest absolute Gasteiger partial charge is 0.306 e. The van der Waals surface area contributed by atoms with Gasteiger partial charge in [0, 0.05) is 24.1 Å². The van der Waals surface area contributed by atoms with Gasteiger partial charge < -0.3 is 4.90 Å². The number of amides is 1. The molecule has 0 unspecified atom stereocenters. The van der Waals surface area contributed by atoms with Crippen molar-refractivity contribution < 1.29 is 4.79 Å². The highest BCUT2D eigenvalue weighted by Crippen LogP contribution is 2.15. The summed E-state index contributed by atoms with van der Waals surface area (Å²) in [7, 11) is 0. The molecule has 6 nitrogen and oxygen atoms in total. The second-order valence-corrected chi connectivity index (χ2v) is 4.62. The SMILES string of the molecule is CCN(C(=O)c1nc2nccc(C)n2n1)c1ccccc1. The average molecular weight is 281 g/mol. The van der Waals surface area contributed by atoms with Crippen LogP contribution in [0.25, 0.3) is 5.78 Å². The van der Waals surface area contributed by atoms with Gasteiger partial charge in [-0.05, 0) is 32.0 Å². The number of carbonyl (C=O) groups excluding carboxylic acids is 1. The fourth-order valence-corrected chi connectivity index (χ4v) is 2.17.